The first-order chi connectivity index (χ1) is 12.4. The normalized spacial score (nSPS) is 25.8. The van der Waals surface area contributed by atoms with Crippen molar-refractivity contribution in [1.29, 1.82) is 0 Å². The molecule has 1 heterocycles. The summed E-state index contributed by atoms with van der Waals surface area (Å²) in [4.78, 5) is 0. The smallest absolute Gasteiger partial charge is 0.121 e. The van der Waals surface area contributed by atoms with Gasteiger partial charge < -0.3 is 4.55 Å². The summed E-state index contributed by atoms with van der Waals surface area (Å²) >= 11 is -0.473. The maximum absolute atomic E-state index is 8.78. The van der Waals surface area contributed by atoms with Crippen LogP contribution in [0.4, 0.5) is 0 Å². The molecule has 3 atom stereocenters. The molecule has 1 aromatic carbocycles. The zero-order valence-electron chi connectivity index (χ0n) is 15.3. The van der Waals surface area contributed by atoms with Gasteiger partial charge in [0.2, 0.25) is 0 Å². The Morgan fingerprint density at radius 3 is 2.27 bits per heavy atom. The van der Waals surface area contributed by atoms with Gasteiger partial charge in [-0.3, -0.25) is 9.35 Å². The van der Waals surface area contributed by atoms with E-state index in [9.17, 15) is 0 Å². The van der Waals surface area contributed by atoms with Gasteiger partial charge in [-0.05, 0) is 29.7 Å². The summed E-state index contributed by atoms with van der Waals surface area (Å²) in [6.07, 6.45) is 6.74. The van der Waals surface area contributed by atoms with Crippen molar-refractivity contribution in [3.05, 3.63) is 45.9 Å². The molecule has 2 saturated carbocycles. The van der Waals surface area contributed by atoms with Gasteiger partial charge in [0.15, 0.2) is 0 Å². The molecule has 0 spiro atoms. The summed E-state index contributed by atoms with van der Waals surface area (Å²) in [5.41, 5.74) is 1.76. The summed E-state index contributed by atoms with van der Waals surface area (Å²) in [6.45, 7) is 4.74. The molecule has 0 aliphatic heterocycles. The van der Waals surface area contributed by atoms with Gasteiger partial charge in [0.05, 0.1) is 0 Å². The van der Waals surface area contributed by atoms with Crippen molar-refractivity contribution < 1.29 is 8.76 Å². The molecular weight excluding hydrogens is 366 g/mol. The van der Waals surface area contributed by atoms with Crippen molar-refractivity contribution >= 4 is 22.6 Å². The Morgan fingerprint density at radius 2 is 1.65 bits per heavy atom. The third kappa shape index (κ3) is 4.39. The van der Waals surface area contributed by atoms with Gasteiger partial charge in [0.1, 0.15) is 10.0 Å². The van der Waals surface area contributed by atoms with E-state index < -0.39 is 11.3 Å². The van der Waals surface area contributed by atoms with Crippen molar-refractivity contribution in [1.82, 2.24) is 10.2 Å². The molecule has 2 N–H and O–H groups in total. The van der Waals surface area contributed by atoms with Gasteiger partial charge in [-0.2, -0.15) is 0 Å². The lowest BCUT2D eigenvalue weighted by atomic mass is 9.90. The van der Waals surface area contributed by atoms with E-state index in [1.165, 1.54) is 47.7 Å². The molecule has 2 fully saturated rings. The van der Waals surface area contributed by atoms with E-state index in [2.05, 4.69) is 59.5 Å². The molecule has 4 rings (SSSR count). The highest BCUT2D eigenvalue weighted by atomic mass is 32.2. The predicted molar refractivity (Wildman–Crippen MR) is 105 cm³/mol. The van der Waals surface area contributed by atoms with Crippen molar-refractivity contribution in [2.24, 2.45) is 10.6 Å². The van der Waals surface area contributed by atoms with E-state index >= 15 is 0 Å². The van der Waals surface area contributed by atoms with Crippen LogP contribution in [0.5, 0.6) is 0 Å². The van der Waals surface area contributed by atoms with Gasteiger partial charge in [0.25, 0.3) is 0 Å². The molecule has 5 nitrogen and oxygen atoms in total. The van der Waals surface area contributed by atoms with Crippen LogP contribution < -0.4 is 5.14 Å². The van der Waals surface area contributed by atoms with Crippen LogP contribution in [0.3, 0.4) is 0 Å². The lowest BCUT2D eigenvalue weighted by Gasteiger charge is -2.18. The summed E-state index contributed by atoms with van der Waals surface area (Å²) in [5.74, 6) is 1.82. The van der Waals surface area contributed by atoms with Gasteiger partial charge in [-0.25, -0.2) is 0 Å². The monoisotopic (exact) mass is 392 g/mol. The second-order valence-corrected chi connectivity index (χ2v) is 9.32. The summed E-state index contributed by atoms with van der Waals surface area (Å²) in [5, 5.41) is 15.7. The molecule has 0 bridgehead atoms. The molecule has 26 heavy (non-hydrogen) atoms. The van der Waals surface area contributed by atoms with Gasteiger partial charge in [-0.1, -0.05) is 63.4 Å². The molecular formula is C19H26N3O2S2-. The fraction of sp³-hybridized carbons (Fsp3) is 0.579. The van der Waals surface area contributed by atoms with Gasteiger partial charge in [0, 0.05) is 23.1 Å². The van der Waals surface area contributed by atoms with Crippen LogP contribution >= 0.6 is 11.3 Å². The Labute approximate surface area is 161 Å². The van der Waals surface area contributed by atoms with E-state index in [1.54, 1.807) is 0 Å². The van der Waals surface area contributed by atoms with Crippen LogP contribution in [0.15, 0.2) is 30.3 Å². The molecule has 1 aromatic heterocycles. The van der Waals surface area contributed by atoms with E-state index in [4.69, 9.17) is 8.76 Å². The largest absolute Gasteiger partial charge is 0.760 e. The molecule has 2 aliphatic rings. The number of benzene rings is 1. The lowest BCUT2D eigenvalue weighted by molar-refractivity contribution is 0.440. The zero-order valence-corrected chi connectivity index (χ0v) is 16.9. The Kier molecular flexibility index (Phi) is 6.22. The van der Waals surface area contributed by atoms with Crippen LogP contribution in [0.25, 0.3) is 0 Å². The third-order valence-corrected chi connectivity index (χ3v) is 6.83. The second kappa shape index (κ2) is 8.25. The first-order valence-corrected chi connectivity index (χ1v) is 11.1. The Morgan fingerprint density at radius 1 is 1.08 bits per heavy atom. The highest BCUT2D eigenvalue weighted by molar-refractivity contribution is 7.76. The van der Waals surface area contributed by atoms with Crippen molar-refractivity contribution in [2.45, 2.75) is 63.7 Å². The van der Waals surface area contributed by atoms with E-state index in [0.29, 0.717) is 23.2 Å². The minimum atomic E-state index is -2.36. The van der Waals surface area contributed by atoms with Crippen LogP contribution in [0, 0.1) is 5.41 Å². The molecule has 0 radical (unpaired) electrons. The van der Waals surface area contributed by atoms with Crippen molar-refractivity contribution in [3.8, 4) is 0 Å². The molecule has 1 unspecified atom stereocenters. The summed E-state index contributed by atoms with van der Waals surface area (Å²) in [6, 6.07) is 10.9. The first-order valence-electron chi connectivity index (χ1n) is 9.13. The molecule has 2 aromatic rings. The van der Waals surface area contributed by atoms with Crippen molar-refractivity contribution in [2.75, 3.05) is 0 Å². The highest BCUT2D eigenvalue weighted by Crippen LogP contribution is 2.70. The van der Waals surface area contributed by atoms with Crippen LogP contribution in [-0.4, -0.2) is 19.0 Å². The average molecular weight is 393 g/mol. The number of hydrogen-bond acceptors (Lipinski definition) is 5. The fourth-order valence-electron chi connectivity index (χ4n) is 4.27. The highest BCUT2D eigenvalue weighted by Gasteiger charge is 2.60. The lowest BCUT2D eigenvalue weighted by Crippen LogP contribution is -2.03. The van der Waals surface area contributed by atoms with Crippen LogP contribution in [0.1, 0.15) is 79.3 Å². The average Bonchev–Trinajstić information content (AvgIpc) is 2.96. The van der Waals surface area contributed by atoms with E-state index in [-0.39, 0.29) is 0 Å². The molecule has 0 amide bonds. The quantitative estimate of drug-likeness (QED) is 0.791. The zero-order chi connectivity index (χ0) is 18.7. The number of nitrogens with zero attached hydrogens (tertiary/aromatic N) is 2. The SMILES string of the molecule is CC1(C)[C@H](c2ccccc2)[C@H]1c1nnc(C2CCCCC2)s1.NS(=O)[O-]. The maximum atomic E-state index is 8.78. The second-order valence-electron chi connectivity index (χ2n) is 7.76. The van der Waals surface area contributed by atoms with Gasteiger partial charge in [-0.15, -0.1) is 21.5 Å². The summed E-state index contributed by atoms with van der Waals surface area (Å²) < 4.78 is 17.6. The first kappa shape index (κ1) is 19.6. The maximum Gasteiger partial charge on any atom is 0.121 e. The number of hydrogen-bond donors (Lipinski definition) is 1. The van der Waals surface area contributed by atoms with Gasteiger partial charge >= 0.3 is 0 Å². The number of aromatic nitrogens is 2. The minimum absolute atomic E-state index is 0.310. The van der Waals surface area contributed by atoms with E-state index in [1.807, 2.05) is 11.3 Å². The molecule has 2 aliphatic carbocycles. The molecule has 142 valence electrons. The van der Waals surface area contributed by atoms with E-state index in [0.717, 1.165) is 0 Å². The Balaban J connectivity index is 0.000000447. The fourth-order valence-corrected chi connectivity index (χ4v) is 5.61. The number of nitrogens with two attached hydrogens (primary N) is 1. The standard InChI is InChI=1S/C19H24N2S.H3NO2S/c1-19(2)15(13-9-5-3-6-10-13)16(19)18-21-20-17(22-18)14-11-7-4-8-12-14;1-4(2)3/h3,5-6,9-10,14-16H,4,7-8,11-12H2,1-2H3;1H2,(H,2,3)/p-1/t15-,16+;/m1./s1. The Hall–Kier alpha value is -1.15. The number of rotatable bonds is 3. The third-order valence-electron chi connectivity index (χ3n) is 5.66. The molecule has 7 heteroatoms. The molecule has 0 saturated heterocycles. The van der Waals surface area contributed by atoms with Crippen LogP contribution in [0.2, 0.25) is 0 Å². The Bertz CT molecular complexity index is 738. The topological polar surface area (TPSA) is 91.9 Å². The predicted octanol–water partition coefficient (Wildman–Crippen LogP) is 4.23. The summed E-state index contributed by atoms with van der Waals surface area (Å²) in [7, 11) is 0. The van der Waals surface area contributed by atoms with Crippen LogP contribution in [-0.2, 0) is 11.3 Å². The van der Waals surface area contributed by atoms with Crippen molar-refractivity contribution in [3.63, 3.8) is 0 Å². The minimum Gasteiger partial charge on any atom is -0.760 e.